The summed E-state index contributed by atoms with van der Waals surface area (Å²) in [5.74, 6) is 3.40. The third-order valence-corrected chi connectivity index (χ3v) is 3.73. The van der Waals surface area contributed by atoms with Gasteiger partial charge in [-0.05, 0) is 19.3 Å². The summed E-state index contributed by atoms with van der Waals surface area (Å²) < 4.78 is 0. The van der Waals surface area contributed by atoms with Gasteiger partial charge in [0, 0.05) is 26.2 Å². The maximum atomic E-state index is 8.97. The van der Waals surface area contributed by atoms with Crippen molar-refractivity contribution in [2.24, 2.45) is 5.92 Å². The Bertz CT molecular complexity index is 406. The molecule has 1 aromatic heterocycles. The average Bonchev–Trinajstić information content (AvgIpc) is 2.32. The lowest BCUT2D eigenvalue weighted by Crippen LogP contribution is -2.23. The minimum Gasteiger partial charge on any atom is -0.395 e. The van der Waals surface area contributed by atoms with E-state index >= 15 is 0 Å². The standard InChI is InChI=1S/C14H24N4O/c1-11-16-13(15-7-6-12-4-3-5-12)10-14(17-11)18(2)8-9-19/h10,12,19H,3-9H2,1-2H3,(H,15,16,17). The van der Waals surface area contributed by atoms with E-state index in [2.05, 4.69) is 15.3 Å². The Labute approximate surface area is 115 Å². The molecule has 19 heavy (non-hydrogen) atoms. The Balaban J connectivity index is 1.91. The normalized spacial score (nSPS) is 15.1. The lowest BCUT2D eigenvalue weighted by molar-refractivity contribution is 0.302. The minimum absolute atomic E-state index is 0.129. The van der Waals surface area contributed by atoms with Crippen molar-refractivity contribution in [3.8, 4) is 0 Å². The minimum atomic E-state index is 0.129. The molecule has 1 heterocycles. The number of aliphatic hydroxyl groups excluding tert-OH is 1. The number of hydrogen-bond donors (Lipinski definition) is 2. The molecule has 2 rings (SSSR count). The summed E-state index contributed by atoms with van der Waals surface area (Å²) in [6.07, 6.45) is 5.39. The van der Waals surface area contributed by atoms with Gasteiger partial charge in [0.15, 0.2) is 0 Å². The van der Waals surface area contributed by atoms with Gasteiger partial charge in [-0.1, -0.05) is 19.3 Å². The van der Waals surface area contributed by atoms with Crippen molar-refractivity contribution in [1.29, 1.82) is 0 Å². The van der Waals surface area contributed by atoms with Gasteiger partial charge in [0.1, 0.15) is 17.5 Å². The smallest absolute Gasteiger partial charge is 0.134 e. The molecule has 0 aromatic carbocycles. The molecule has 1 aliphatic rings. The van der Waals surface area contributed by atoms with Crippen LogP contribution in [0, 0.1) is 12.8 Å². The second-order valence-electron chi connectivity index (χ2n) is 5.32. The Hall–Kier alpha value is -1.36. The summed E-state index contributed by atoms with van der Waals surface area (Å²) in [7, 11) is 1.93. The number of nitrogens with one attached hydrogen (secondary N) is 1. The number of aliphatic hydroxyl groups is 1. The molecule has 0 bridgehead atoms. The maximum absolute atomic E-state index is 8.97. The monoisotopic (exact) mass is 264 g/mol. The fourth-order valence-electron chi connectivity index (χ4n) is 2.29. The fourth-order valence-corrected chi connectivity index (χ4v) is 2.29. The second kappa shape index (κ2) is 6.70. The van der Waals surface area contributed by atoms with Gasteiger partial charge in [0.25, 0.3) is 0 Å². The van der Waals surface area contributed by atoms with Gasteiger partial charge in [-0.25, -0.2) is 9.97 Å². The largest absolute Gasteiger partial charge is 0.395 e. The van der Waals surface area contributed by atoms with Crippen molar-refractivity contribution in [3.05, 3.63) is 11.9 Å². The summed E-state index contributed by atoms with van der Waals surface area (Å²) in [5, 5.41) is 12.4. The van der Waals surface area contributed by atoms with Crippen LogP contribution in [0.3, 0.4) is 0 Å². The second-order valence-corrected chi connectivity index (χ2v) is 5.32. The first-order valence-corrected chi connectivity index (χ1v) is 7.10. The van der Waals surface area contributed by atoms with Crippen LogP contribution in [0.15, 0.2) is 6.07 Å². The van der Waals surface area contributed by atoms with E-state index in [1.165, 1.54) is 25.7 Å². The highest BCUT2D eigenvalue weighted by molar-refractivity contribution is 5.48. The predicted molar refractivity (Wildman–Crippen MR) is 77.6 cm³/mol. The topological polar surface area (TPSA) is 61.3 Å². The average molecular weight is 264 g/mol. The highest BCUT2D eigenvalue weighted by Crippen LogP contribution is 2.29. The molecule has 1 fully saturated rings. The van der Waals surface area contributed by atoms with Gasteiger partial charge in [0.2, 0.25) is 0 Å². The van der Waals surface area contributed by atoms with E-state index in [1.807, 2.05) is 24.9 Å². The van der Waals surface area contributed by atoms with Gasteiger partial charge < -0.3 is 15.3 Å². The summed E-state index contributed by atoms with van der Waals surface area (Å²) in [4.78, 5) is 10.7. The highest BCUT2D eigenvalue weighted by atomic mass is 16.3. The zero-order valence-electron chi connectivity index (χ0n) is 11.9. The van der Waals surface area contributed by atoms with Gasteiger partial charge in [-0.3, -0.25) is 0 Å². The summed E-state index contributed by atoms with van der Waals surface area (Å²) in [6, 6.07) is 1.95. The van der Waals surface area contributed by atoms with E-state index in [-0.39, 0.29) is 6.61 Å². The van der Waals surface area contributed by atoms with Crippen molar-refractivity contribution in [2.45, 2.75) is 32.6 Å². The van der Waals surface area contributed by atoms with Crippen LogP contribution in [-0.4, -0.2) is 41.8 Å². The summed E-state index contributed by atoms with van der Waals surface area (Å²) in [6.45, 7) is 3.58. The number of nitrogens with zero attached hydrogens (tertiary/aromatic N) is 3. The van der Waals surface area contributed by atoms with Crippen LogP contribution in [0.2, 0.25) is 0 Å². The molecule has 2 N–H and O–H groups in total. The lowest BCUT2D eigenvalue weighted by atomic mass is 9.83. The highest BCUT2D eigenvalue weighted by Gasteiger charge is 2.16. The van der Waals surface area contributed by atoms with Crippen molar-refractivity contribution < 1.29 is 5.11 Å². The Morgan fingerprint density at radius 2 is 2.21 bits per heavy atom. The van der Waals surface area contributed by atoms with E-state index in [0.29, 0.717) is 6.54 Å². The first-order valence-electron chi connectivity index (χ1n) is 7.10. The van der Waals surface area contributed by atoms with E-state index in [9.17, 15) is 0 Å². The van der Waals surface area contributed by atoms with Crippen molar-refractivity contribution >= 4 is 11.6 Å². The Morgan fingerprint density at radius 1 is 1.42 bits per heavy atom. The first-order chi connectivity index (χ1) is 9.19. The SMILES string of the molecule is Cc1nc(NCCC2CCC2)cc(N(C)CCO)n1. The van der Waals surface area contributed by atoms with Gasteiger partial charge in [0.05, 0.1) is 6.61 Å². The van der Waals surface area contributed by atoms with Crippen LogP contribution in [0.25, 0.3) is 0 Å². The van der Waals surface area contributed by atoms with Crippen molar-refractivity contribution in [1.82, 2.24) is 9.97 Å². The molecule has 0 aliphatic heterocycles. The molecule has 0 spiro atoms. The molecule has 0 radical (unpaired) electrons. The molecule has 5 nitrogen and oxygen atoms in total. The maximum Gasteiger partial charge on any atom is 0.134 e. The van der Waals surface area contributed by atoms with Crippen LogP contribution < -0.4 is 10.2 Å². The number of rotatable bonds is 7. The Kier molecular flexibility index (Phi) is 4.96. The summed E-state index contributed by atoms with van der Waals surface area (Å²) >= 11 is 0. The van der Waals surface area contributed by atoms with Crippen molar-refractivity contribution in [3.63, 3.8) is 0 Å². The molecule has 5 heteroatoms. The molecular weight excluding hydrogens is 240 g/mol. The first kappa shape index (κ1) is 14.1. The number of hydrogen-bond acceptors (Lipinski definition) is 5. The lowest BCUT2D eigenvalue weighted by Gasteiger charge is -2.25. The van der Waals surface area contributed by atoms with Crippen molar-refractivity contribution in [2.75, 3.05) is 37.0 Å². The van der Waals surface area contributed by atoms with Crippen LogP contribution in [-0.2, 0) is 0 Å². The molecule has 0 amide bonds. The summed E-state index contributed by atoms with van der Waals surface area (Å²) in [5.41, 5.74) is 0. The molecule has 0 unspecified atom stereocenters. The number of likely N-dealkylation sites (N-methyl/N-ethyl adjacent to an activating group) is 1. The fraction of sp³-hybridized carbons (Fsp3) is 0.714. The van der Waals surface area contributed by atoms with Crippen LogP contribution in [0.5, 0.6) is 0 Å². The molecule has 0 atom stereocenters. The number of anilines is 2. The predicted octanol–water partition coefficient (Wildman–Crippen LogP) is 1.82. The zero-order valence-corrected chi connectivity index (χ0v) is 11.9. The zero-order chi connectivity index (χ0) is 13.7. The van der Waals surface area contributed by atoms with Gasteiger partial charge in [-0.15, -0.1) is 0 Å². The molecular formula is C14H24N4O. The van der Waals surface area contributed by atoms with E-state index in [1.54, 1.807) is 0 Å². The third-order valence-electron chi connectivity index (χ3n) is 3.73. The molecule has 1 saturated carbocycles. The van der Waals surface area contributed by atoms with Gasteiger partial charge in [-0.2, -0.15) is 0 Å². The van der Waals surface area contributed by atoms with Gasteiger partial charge >= 0.3 is 0 Å². The number of aryl methyl sites for hydroxylation is 1. The van der Waals surface area contributed by atoms with Crippen LogP contribution >= 0.6 is 0 Å². The van der Waals surface area contributed by atoms with E-state index < -0.39 is 0 Å². The third kappa shape index (κ3) is 4.06. The molecule has 1 aliphatic carbocycles. The molecule has 1 aromatic rings. The van der Waals surface area contributed by atoms with Crippen LogP contribution in [0.4, 0.5) is 11.6 Å². The quantitative estimate of drug-likeness (QED) is 0.786. The van der Waals surface area contributed by atoms with E-state index in [0.717, 1.165) is 29.9 Å². The van der Waals surface area contributed by atoms with Crippen LogP contribution in [0.1, 0.15) is 31.5 Å². The number of aromatic nitrogens is 2. The molecule has 0 saturated heterocycles. The Morgan fingerprint density at radius 3 is 2.84 bits per heavy atom. The van der Waals surface area contributed by atoms with E-state index in [4.69, 9.17) is 5.11 Å². The molecule has 106 valence electrons.